The summed E-state index contributed by atoms with van der Waals surface area (Å²) in [6, 6.07) is 3.69. The van der Waals surface area contributed by atoms with Gasteiger partial charge in [-0.15, -0.1) is 0 Å². The minimum atomic E-state index is -0.509. The van der Waals surface area contributed by atoms with Gasteiger partial charge in [0, 0.05) is 23.7 Å². The molecule has 0 saturated carbocycles. The summed E-state index contributed by atoms with van der Waals surface area (Å²) in [5.41, 5.74) is 0.854. The Morgan fingerprint density at radius 3 is 2.71 bits per heavy atom. The predicted molar refractivity (Wildman–Crippen MR) is 61.8 cm³/mol. The molecule has 92 valence electrons. The van der Waals surface area contributed by atoms with Crippen LogP contribution in [0.5, 0.6) is 0 Å². The fourth-order valence-electron chi connectivity index (χ4n) is 1.36. The maximum atomic E-state index is 11.7. The number of aliphatic hydroxyl groups is 1. The average molecular weight is 238 g/mol. The lowest BCUT2D eigenvalue weighted by Gasteiger charge is -2.11. The van der Waals surface area contributed by atoms with Gasteiger partial charge in [-0.25, -0.2) is 0 Å². The molecule has 2 N–H and O–H groups in total. The zero-order valence-electron chi connectivity index (χ0n) is 9.64. The van der Waals surface area contributed by atoms with E-state index in [1.54, 1.807) is 13.8 Å². The molecule has 0 aliphatic heterocycles. The number of hydrogen-bond donors (Lipinski definition) is 2. The van der Waals surface area contributed by atoms with Gasteiger partial charge >= 0.3 is 0 Å². The third-order valence-corrected chi connectivity index (χ3v) is 2.32. The Morgan fingerprint density at radius 1 is 1.59 bits per heavy atom. The van der Waals surface area contributed by atoms with Crippen LogP contribution in [0.4, 0.5) is 5.69 Å². The van der Waals surface area contributed by atoms with Crippen LogP contribution < -0.4 is 5.32 Å². The highest BCUT2D eigenvalue weighted by Crippen LogP contribution is 2.17. The summed E-state index contributed by atoms with van der Waals surface area (Å²) in [6.07, 6.45) is 0. The van der Waals surface area contributed by atoms with Gasteiger partial charge in [-0.3, -0.25) is 14.9 Å². The first-order chi connectivity index (χ1) is 7.95. The predicted octanol–water partition coefficient (Wildman–Crippen LogP) is 1.01. The van der Waals surface area contributed by atoms with E-state index < -0.39 is 4.92 Å². The summed E-state index contributed by atoms with van der Waals surface area (Å²) in [5.74, 6) is -0.348. The average Bonchev–Trinajstić information content (AvgIpc) is 2.28. The van der Waals surface area contributed by atoms with Gasteiger partial charge in [0.1, 0.15) is 0 Å². The molecule has 0 heterocycles. The van der Waals surface area contributed by atoms with Crippen LogP contribution in [0.15, 0.2) is 18.2 Å². The standard InChI is InChI=1S/C11H14N2O4/c1-7-5-9(13(16)17)3-4-10(7)11(15)12-8(2)6-14/h3-5,8,14H,6H2,1-2H3,(H,12,15). The number of nitro groups is 1. The smallest absolute Gasteiger partial charge is 0.269 e. The van der Waals surface area contributed by atoms with E-state index in [9.17, 15) is 14.9 Å². The van der Waals surface area contributed by atoms with Crippen LogP contribution >= 0.6 is 0 Å². The van der Waals surface area contributed by atoms with E-state index in [0.717, 1.165) is 0 Å². The number of nitrogens with one attached hydrogen (secondary N) is 1. The van der Waals surface area contributed by atoms with Crippen LogP contribution in [-0.4, -0.2) is 28.6 Å². The largest absolute Gasteiger partial charge is 0.394 e. The molecule has 6 nitrogen and oxygen atoms in total. The fourth-order valence-corrected chi connectivity index (χ4v) is 1.36. The van der Waals surface area contributed by atoms with Gasteiger partial charge in [0.2, 0.25) is 0 Å². The first kappa shape index (κ1) is 13.1. The lowest BCUT2D eigenvalue weighted by atomic mass is 10.1. The lowest BCUT2D eigenvalue weighted by Crippen LogP contribution is -2.35. The first-order valence-corrected chi connectivity index (χ1v) is 5.12. The number of carbonyl (C=O) groups is 1. The second-order valence-corrected chi connectivity index (χ2v) is 3.81. The van der Waals surface area contributed by atoms with E-state index >= 15 is 0 Å². The molecule has 0 bridgehead atoms. The number of nitro benzene ring substituents is 1. The molecule has 0 aromatic heterocycles. The molecule has 1 atom stereocenters. The Hall–Kier alpha value is -1.95. The van der Waals surface area contributed by atoms with Crippen molar-refractivity contribution in [2.24, 2.45) is 0 Å². The molecule has 6 heteroatoms. The van der Waals surface area contributed by atoms with Gasteiger partial charge in [0.25, 0.3) is 11.6 Å². The third-order valence-electron chi connectivity index (χ3n) is 2.32. The molecule has 1 aromatic carbocycles. The summed E-state index contributed by atoms with van der Waals surface area (Å²) >= 11 is 0. The molecule has 1 aromatic rings. The SMILES string of the molecule is Cc1cc([N+](=O)[O-])ccc1C(=O)NC(C)CO. The van der Waals surface area contributed by atoms with Crippen LogP contribution in [0.25, 0.3) is 0 Å². The van der Waals surface area contributed by atoms with Gasteiger partial charge in [-0.2, -0.15) is 0 Å². The number of amides is 1. The number of rotatable bonds is 4. The minimum Gasteiger partial charge on any atom is -0.394 e. The Morgan fingerprint density at radius 2 is 2.24 bits per heavy atom. The van der Waals surface area contributed by atoms with Crippen LogP contribution in [-0.2, 0) is 0 Å². The number of aliphatic hydroxyl groups excluding tert-OH is 1. The molecule has 0 fully saturated rings. The van der Waals surface area contributed by atoms with E-state index in [1.165, 1.54) is 18.2 Å². The van der Waals surface area contributed by atoms with Crippen molar-refractivity contribution >= 4 is 11.6 Å². The number of aryl methyl sites for hydroxylation is 1. The lowest BCUT2D eigenvalue weighted by molar-refractivity contribution is -0.384. The van der Waals surface area contributed by atoms with Crippen LogP contribution in [0, 0.1) is 17.0 Å². The summed E-state index contributed by atoms with van der Waals surface area (Å²) in [6.45, 7) is 3.14. The Balaban J connectivity index is 2.92. The molecule has 1 rings (SSSR count). The van der Waals surface area contributed by atoms with Crippen molar-refractivity contribution in [3.63, 3.8) is 0 Å². The zero-order chi connectivity index (χ0) is 13.0. The van der Waals surface area contributed by atoms with Crippen molar-refractivity contribution in [3.05, 3.63) is 39.4 Å². The highest BCUT2D eigenvalue weighted by atomic mass is 16.6. The molecule has 0 saturated heterocycles. The molecule has 0 aliphatic rings. The second kappa shape index (κ2) is 5.40. The van der Waals surface area contributed by atoms with Crippen LogP contribution in [0.1, 0.15) is 22.8 Å². The number of hydrogen-bond acceptors (Lipinski definition) is 4. The molecule has 1 amide bonds. The maximum absolute atomic E-state index is 11.7. The molecule has 17 heavy (non-hydrogen) atoms. The summed E-state index contributed by atoms with van der Waals surface area (Å²) in [7, 11) is 0. The van der Waals surface area contributed by atoms with Crippen LogP contribution in [0.3, 0.4) is 0 Å². The van der Waals surface area contributed by atoms with Crippen molar-refractivity contribution in [1.82, 2.24) is 5.32 Å². The number of carbonyl (C=O) groups excluding carboxylic acids is 1. The zero-order valence-corrected chi connectivity index (χ0v) is 9.64. The quantitative estimate of drug-likeness (QED) is 0.605. The first-order valence-electron chi connectivity index (χ1n) is 5.12. The van der Waals surface area contributed by atoms with E-state index in [4.69, 9.17) is 5.11 Å². The summed E-state index contributed by atoms with van der Waals surface area (Å²) < 4.78 is 0. The minimum absolute atomic E-state index is 0.0470. The topological polar surface area (TPSA) is 92.5 Å². The molecular weight excluding hydrogens is 224 g/mol. The van der Waals surface area contributed by atoms with Gasteiger partial charge in [0.15, 0.2) is 0 Å². The normalized spacial score (nSPS) is 11.9. The Labute approximate surface area is 98.4 Å². The number of benzene rings is 1. The fraction of sp³-hybridized carbons (Fsp3) is 0.364. The van der Waals surface area contributed by atoms with Crippen LogP contribution in [0.2, 0.25) is 0 Å². The molecule has 1 unspecified atom stereocenters. The van der Waals surface area contributed by atoms with Gasteiger partial charge in [0.05, 0.1) is 11.5 Å². The van der Waals surface area contributed by atoms with Gasteiger partial charge in [-0.05, 0) is 25.5 Å². The van der Waals surface area contributed by atoms with E-state index in [1.807, 2.05) is 0 Å². The van der Waals surface area contributed by atoms with Crippen molar-refractivity contribution in [2.45, 2.75) is 19.9 Å². The van der Waals surface area contributed by atoms with E-state index in [2.05, 4.69) is 5.32 Å². The van der Waals surface area contributed by atoms with Crippen molar-refractivity contribution in [3.8, 4) is 0 Å². The van der Waals surface area contributed by atoms with Crippen molar-refractivity contribution in [2.75, 3.05) is 6.61 Å². The molecule has 0 aliphatic carbocycles. The highest BCUT2D eigenvalue weighted by molar-refractivity contribution is 5.96. The summed E-state index contributed by atoms with van der Waals surface area (Å²) in [4.78, 5) is 21.7. The number of nitrogens with zero attached hydrogens (tertiary/aromatic N) is 1. The van der Waals surface area contributed by atoms with Crippen molar-refractivity contribution < 1.29 is 14.8 Å². The monoisotopic (exact) mass is 238 g/mol. The Bertz CT molecular complexity index is 445. The van der Waals surface area contributed by atoms with E-state index in [-0.39, 0.29) is 24.2 Å². The highest BCUT2D eigenvalue weighted by Gasteiger charge is 2.14. The summed E-state index contributed by atoms with van der Waals surface area (Å²) in [5, 5.41) is 21.9. The number of non-ortho nitro benzene ring substituents is 1. The molecule has 0 radical (unpaired) electrons. The molecular formula is C11H14N2O4. The Kier molecular flexibility index (Phi) is 4.17. The van der Waals surface area contributed by atoms with Crippen molar-refractivity contribution in [1.29, 1.82) is 0 Å². The maximum Gasteiger partial charge on any atom is 0.269 e. The van der Waals surface area contributed by atoms with Gasteiger partial charge < -0.3 is 10.4 Å². The second-order valence-electron chi connectivity index (χ2n) is 3.81. The molecule has 0 spiro atoms. The third kappa shape index (κ3) is 3.25. The van der Waals surface area contributed by atoms with E-state index in [0.29, 0.717) is 11.1 Å². The van der Waals surface area contributed by atoms with Gasteiger partial charge in [-0.1, -0.05) is 0 Å².